The van der Waals surface area contributed by atoms with Gasteiger partial charge in [0, 0.05) is 23.5 Å². The fourth-order valence-electron chi connectivity index (χ4n) is 3.32. The largest absolute Gasteiger partial charge is 0.394 e. The van der Waals surface area contributed by atoms with Crippen LogP contribution in [-0.2, 0) is 4.79 Å². The van der Waals surface area contributed by atoms with Gasteiger partial charge in [-0.05, 0) is 31.5 Å². The van der Waals surface area contributed by atoms with Gasteiger partial charge in [-0.2, -0.15) is 0 Å². The number of hydrogen-bond acceptors (Lipinski definition) is 4. The van der Waals surface area contributed by atoms with Gasteiger partial charge >= 0.3 is 0 Å². The summed E-state index contributed by atoms with van der Waals surface area (Å²) >= 11 is 0. The summed E-state index contributed by atoms with van der Waals surface area (Å²) < 4.78 is 0. The zero-order valence-electron chi connectivity index (χ0n) is 11.9. The zero-order valence-corrected chi connectivity index (χ0v) is 11.9. The molecule has 1 amide bonds. The number of fused-ring (bicyclic) bond motifs is 1. The van der Waals surface area contributed by atoms with E-state index in [1.165, 1.54) is 0 Å². The van der Waals surface area contributed by atoms with Crippen molar-refractivity contribution in [1.29, 1.82) is 0 Å². The predicted octanol–water partition coefficient (Wildman–Crippen LogP) is 1.11. The van der Waals surface area contributed by atoms with Gasteiger partial charge in [-0.1, -0.05) is 13.0 Å². The summed E-state index contributed by atoms with van der Waals surface area (Å²) in [5.41, 5.74) is 2.95. The number of rotatable bonds is 3. The third-order valence-electron chi connectivity index (χ3n) is 4.56. The minimum Gasteiger partial charge on any atom is -0.394 e. The van der Waals surface area contributed by atoms with Gasteiger partial charge in [-0.15, -0.1) is 0 Å². The van der Waals surface area contributed by atoms with Crippen molar-refractivity contribution in [2.24, 2.45) is 5.92 Å². The summed E-state index contributed by atoms with van der Waals surface area (Å²) in [6.45, 7) is 3.30. The Morgan fingerprint density at radius 2 is 2.30 bits per heavy atom. The lowest BCUT2D eigenvalue weighted by molar-refractivity contribution is -0.117. The molecule has 3 rings (SSSR count). The Bertz CT molecular complexity index is 532. The van der Waals surface area contributed by atoms with Crippen molar-refractivity contribution in [3.8, 4) is 0 Å². The van der Waals surface area contributed by atoms with Gasteiger partial charge in [-0.3, -0.25) is 4.79 Å². The zero-order chi connectivity index (χ0) is 14.3. The molecule has 3 atom stereocenters. The number of carbonyl (C=O) groups excluding carboxylic acids is 1. The summed E-state index contributed by atoms with van der Waals surface area (Å²) in [7, 11) is 1.79. The Kier molecular flexibility index (Phi) is 3.40. The number of aliphatic hydroxyl groups is 1. The molecule has 2 aliphatic heterocycles. The highest BCUT2D eigenvalue weighted by molar-refractivity contribution is 6.03. The molecule has 5 nitrogen and oxygen atoms in total. The summed E-state index contributed by atoms with van der Waals surface area (Å²) in [5.74, 6) is 0.487. The number of carbonyl (C=O) groups is 1. The molecule has 1 aromatic carbocycles. The third kappa shape index (κ3) is 1.98. The van der Waals surface area contributed by atoms with E-state index in [2.05, 4.69) is 22.5 Å². The van der Waals surface area contributed by atoms with Crippen molar-refractivity contribution in [3.05, 3.63) is 23.8 Å². The number of aliphatic hydroxyl groups excluding tert-OH is 1. The fraction of sp³-hybridized carbons (Fsp3) is 0.533. The first-order valence-electron chi connectivity index (χ1n) is 7.15. The van der Waals surface area contributed by atoms with Crippen LogP contribution in [0.15, 0.2) is 18.2 Å². The van der Waals surface area contributed by atoms with E-state index in [9.17, 15) is 9.90 Å². The van der Waals surface area contributed by atoms with E-state index in [1.807, 2.05) is 18.2 Å². The normalized spacial score (nSPS) is 28.6. The Morgan fingerprint density at radius 1 is 1.50 bits per heavy atom. The second-order valence-corrected chi connectivity index (χ2v) is 5.69. The van der Waals surface area contributed by atoms with Crippen LogP contribution in [-0.4, -0.2) is 37.3 Å². The molecule has 1 aromatic rings. The Morgan fingerprint density at radius 3 is 3.00 bits per heavy atom. The summed E-state index contributed by atoms with van der Waals surface area (Å²) in [5, 5.41) is 15.5. The number of amides is 1. The molecule has 2 heterocycles. The lowest BCUT2D eigenvalue weighted by Crippen LogP contribution is -2.35. The van der Waals surface area contributed by atoms with Gasteiger partial charge < -0.3 is 20.6 Å². The second-order valence-electron chi connectivity index (χ2n) is 5.69. The topological polar surface area (TPSA) is 64.6 Å². The van der Waals surface area contributed by atoms with E-state index < -0.39 is 0 Å². The van der Waals surface area contributed by atoms with Crippen LogP contribution in [0.1, 0.15) is 24.9 Å². The van der Waals surface area contributed by atoms with Gasteiger partial charge in [0.2, 0.25) is 5.91 Å². The van der Waals surface area contributed by atoms with Crippen molar-refractivity contribution < 1.29 is 9.90 Å². The van der Waals surface area contributed by atoms with Crippen molar-refractivity contribution in [2.75, 3.05) is 30.4 Å². The predicted molar refractivity (Wildman–Crippen MR) is 78.9 cm³/mol. The van der Waals surface area contributed by atoms with Crippen LogP contribution in [0.4, 0.5) is 11.4 Å². The Hall–Kier alpha value is -1.59. The molecule has 0 radical (unpaired) electrons. The number of nitrogens with zero attached hydrogens (tertiary/aromatic N) is 1. The minimum absolute atomic E-state index is 0.00634. The standard InChI is InChI=1S/C15H21N3O2/c1-9-5-6-18(13(9)8-19)10-3-4-11-12(7-10)17-15(20)14(11)16-2/h3-4,7,9,13-14,16,19H,5-6,8H2,1-2H3,(H,17,20). The molecule has 3 unspecified atom stereocenters. The number of benzene rings is 1. The fourth-order valence-corrected chi connectivity index (χ4v) is 3.32. The quantitative estimate of drug-likeness (QED) is 0.773. The lowest BCUT2D eigenvalue weighted by atomic mass is 10.0. The first-order chi connectivity index (χ1) is 9.65. The van der Waals surface area contributed by atoms with Gasteiger partial charge in [0.1, 0.15) is 6.04 Å². The monoisotopic (exact) mass is 275 g/mol. The van der Waals surface area contributed by atoms with Gasteiger partial charge in [-0.25, -0.2) is 0 Å². The molecule has 1 saturated heterocycles. The molecule has 0 saturated carbocycles. The van der Waals surface area contributed by atoms with E-state index in [0.29, 0.717) is 5.92 Å². The molecule has 1 fully saturated rings. The molecule has 0 spiro atoms. The Labute approximate surface area is 119 Å². The van der Waals surface area contributed by atoms with Crippen LogP contribution in [0.5, 0.6) is 0 Å². The van der Waals surface area contributed by atoms with Crippen molar-refractivity contribution in [2.45, 2.75) is 25.4 Å². The number of nitrogens with one attached hydrogen (secondary N) is 2. The first kappa shape index (κ1) is 13.4. The molecule has 108 valence electrons. The average Bonchev–Trinajstić information content (AvgIpc) is 2.96. The molecule has 3 N–H and O–H groups in total. The van der Waals surface area contributed by atoms with Crippen LogP contribution in [0.25, 0.3) is 0 Å². The first-order valence-corrected chi connectivity index (χ1v) is 7.15. The van der Waals surface area contributed by atoms with Gasteiger partial charge in [0.25, 0.3) is 0 Å². The number of likely N-dealkylation sites (N-methyl/N-ethyl adjacent to an activating group) is 1. The van der Waals surface area contributed by atoms with E-state index in [1.54, 1.807) is 7.05 Å². The summed E-state index contributed by atoms with van der Waals surface area (Å²) in [4.78, 5) is 14.1. The summed E-state index contributed by atoms with van der Waals surface area (Å²) in [6, 6.07) is 5.98. The van der Waals surface area contributed by atoms with Crippen LogP contribution < -0.4 is 15.5 Å². The van der Waals surface area contributed by atoms with E-state index >= 15 is 0 Å². The SMILES string of the molecule is CNC1C(=O)Nc2cc(N3CCC(C)C3CO)ccc21. The molecule has 20 heavy (non-hydrogen) atoms. The maximum Gasteiger partial charge on any atom is 0.246 e. The summed E-state index contributed by atoms with van der Waals surface area (Å²) in [6.07, 6.45) is 1.09. The Balaban J connectivity index is 1.91. The van der Waals surface area contributed by atoms with Crippen molar-refractivity contribution in [1.82, 2.24) is 5.32 Å². The van der Waals surface area contributed by atoms with Crippen LogP contribution in [0.3, 0.4) is 0 Å². The smallest absolute Gasteiger partial charge is 0.246 e. The minimum atomic E-state index is -0.259. The molecule has 0 bridgehead atoms. The maximum atomic E-state index is 11.8. The molecule has 5 heteroatoms. The molecule has 2 aliphatic rings. The second kappa shape index (κ2) is 5.07. The molecule has 0 aromatic heterocycles. The van der Waals surface area contributed by atoms with Crippen LogP contribution >= 0.6 is 0 Å². The highest BCUT2D eigenvalue weighted by Gasteiger charge is 2.33. The third-order valence-corrected chi connectivity index (χ3v) is 4.56. The number of hydrogen-bond donors (Lipinski definition) is 3. The molecular weight excluding hydrogens is 254 g/mol. The van der Waals surface area contributed by atoms with Crippen LogP contribution in [0, 0.1) is 5.92 Å². The lowest BCUT2D eigenvalue weighted by Gasteiger charge is -2.27. The van der Waals surface area contributed by atoms with Gasteiger partial charge in [0.15, 0.2) is 0 Å². The molecule has 0 aliphatic carbocycles. The van der Waals surface area contributed by atoms with Crippen molar-refractivity contribution >= 4 is 17.3 Å². The van der Waals surface area contributed by atoms with Crippen molar-refractivity contribution in [3.63, 3.8) is 0 Å². The van der Waals surface area contributed by atoms with E-state index in [0.717, 1.165) is 29.9 Å². The average molecular weight is 275 g/mol. The molecular formula is C15H21N3O2. The highest BCUT2D eigenvalue weighted by atomic mass is 16.3. The van der Waals surface area contributed by atoms with Crippen LogP contribution in [0.2, 0.25) is 0 Å². The van der Waals surface area contributed by atoms with Gasteiger partial charge in [0.05, 0.1) is 12.6 Å². The highest BCUT2D eigenvalue weighted by Crippen LogP contribution is 2.36. The van der Waals surface area contributed by atoms with E-state index in [-0.39, 0.29) is 24.6 Å². The van der Waals surface area contributed by atoms with E-state index in [4.69, 9.17) is 0 Å². The maximum absolute atomic E-state index is 11.8. The number of anilines is 2.